The van der Waals surface area contributed by atoms with E-state index in [1.807, 2.05) is 0 Å². The maximum absolute atomic E-state index is 12.2. The summed E-state index contributed by atoms with van der Waals surface area (Å²) in [7, 11) is 0. The molecule has 0 unspecified atom stereocenters. The summed E-state index contributed by atoms with van der Waals surface area (Å²) < 4.78 is 5.22. The van der Waals surface area contributed by atoms with Crippen LogP contribution in [0.5, 0.6) is 0 Å². The molecule has 1 atom stereocenters. The average Bonchev–Trinajstić information content (AvgIpc) is 3.25. The van der Waals surface area contributed by atoms with E-state index in [0.717, 1.165) is 19.3 Å². The Labute approximate surface area is 134 Å². The highest BCUT2D eigenvalue weighted by molar-refractivity contribution is 5.98. The van der Waals surface area contributed by atoms with Gasteiger partial charge in [0.05, 0.1) is 5.56 Å². The van der Waals surface area contributed by atoms with Gasteiger partial charge in [0.25, 0.3) is 5.91 Å². The predicted molar refractivity (Wildman–Crippen MR) is 84.1 cm³/mol. The highest BCUT2D eigenvalue weighted by Gasteiger charge is 2.28. The Bertz CT molecular complexity index is 639. The van der Waals surface area contributed by atoms with Crippen LogP contribution in [-0.2, 0) is 14.3 Å². The van der Waals surface area contributed by atoms with Crippen LogP contribution in [0, 0.1) is 0 Å². The summed E-state index contributed by atoms with van der Waals surface area (Å²) in [4.78, 5) is 37.5. The summed E-state index contributed by atoms with van der Waals surface area (Å²) in [6, 6.07) is 7.00. The lowest BCUT2D eigenvalue weighted by atomic mass is 10.2. The second-order valence-electron chi connectivity index (χ2n) is 6.03. The van der Waals surface area contributed by atoms with Gasteiger partial charge in [-0.15, -0.1) is 0 Å². The normalized spacial score (nSPS) is 18.7. The van der Waals surface area contributed by atoms with Gasteiger partial charge in [-0.3, -0.25) is 9.59 Å². The second-order valence-corrected chi connectivity index (χ2v) is 6.03. The number of rotatable bonds is 5. The van der Waals surface area contributed by atoms with Crippen molar-refractivity contribution in [3.8, 4) is 0 Å². The van der Waals surface area contributed by atoms with E-state index in [9.17, 15) is 14.4 Å². The van der Waals surface area contributed by atoms with E-state index in [-0.39, 0.29) is 17.9 Å². The zero-order valence-electron chi connectivity index (χ0n) is 13.1. The van der Waals surface area contributed by atoms with Crippen molar-refractivity contribution in [3.63, 3.8) is 0 Å². The van der Waals surface area contributed by atoms with Crippen LogP contribution in [0.25, 0.3) is 0 Å². The van der Waals surface area contributed by atoms with Crippen LogP contribution in [0.3, 0.4) is 0 Å². The number of anilines is 1. The molecule has 3 rings (SSSR count). The molecule has 1 saturated carbocycles. The van der Waals surface area contributed by atoms with Crippen molar-refractivity contribution in [1.29, 1.82) is 0 Å². The Kier molecular flexibility index (Phi) is 4.32. The molecule has 6 heteroatoms. The second kappa shape index (κ2) is 6.40. The molecule has 1 aromatic carbocycles. The number of carbonyl (C=O) groups excluding carboxylic acids is 3. The molecule has 1 aliphatic heterocycles. The minimum atomic E-state index is -0.833. The van der Waals surface area contributed by atoms with Crippen molar-refractivity contribution in [2.75, 3.05) is 11.4 Å². The van der Waals surface area contributed by atoms with Gasteiger partial charge in [-0.05, 0) is 44.4 Å². The number of hydrogen-bond donors (Lipinski definition) is 1. The first-order valence-corrected chi connectivity index (χ1v) is 7.96. The number of amides is 2. The summed E-state index contributed by atoms with van der Waals surface area (Å²) >= 11 is 0. The minimum absolute atomic E-state index is 0.0627. The van der Waals surface area contributed by atoms with E-state index >= 15 is 0 Å². The number of nitrogens with one attached hydrogen (secondary N) is 1. The zero-order valence-corrected chi connectivity index (χ0v) is 13.1. The lowest BCUT2D eigenvalue weighted by Crippen LogP contribution is -2.37. The van der Waals surface area contributed by atoms with Crippen LogP contribution in [0.2, 0.25) is 0 Å². The van der Waals surface area contributed by atoms with Crippen LogP contribution in [0.15, 0.2) is 24.3 Å². The highest BCUT2D eigenvalue weighted by Crippen LogP contribution is 2.23. The summed E-state index contributed by atoms with van der Waals surface area (Å²) in [5, 5.41) is 2.80. The fourth-order valence-corrected chi connectivity index (χ4v) is 2.55. The Balaban J connectivity index is 1.64. The molecule has 1 aromatic rings. The van der Waals surface area contributed by atoms with Gasteiger partial charge in [0.2, 0.25) is 5.91 Å². The van der Waals surface area contributed by atoms with Gasteiger partial charge in [0, 0.05) is 24.7 Å². The van der Waals surface area contributed by atoms with E-state index in [2.05, 4.69) is 5.32 Å². The quantitative estimate of drug-likeness (QED) is 0.838. The van der Waals surface area contributed by atoms with Crippen LogP contribution in [0.1, 0.15) is 43.0 Å². The van der Waals surface area contributed by atoms with Crippen LogP contribution in [0.4, 0.5) is 5.69 Å². The molecule has 6 nitrogen and oxygen atoms in total. The molecular weight excluding hydrogens is 296 g/mol. The fraction of sp³-hybridized carbons (Fsp3) is 0.471. The standard InChI is InChI=1S/C17H20N2O4/c1-11(16(21)18-13-7-8-13)23-17(22)12-4-2-5-14(10-12)19-9-3-6-15(19)20/h2,4-5,10-11,13H,3,6-9H2,1H3,(H,18,21)/t11-/m1/s1. The van der Waals surface area contributed by atoms with E-state index < -0.39 is 12.1 Å². The van der Waals surface area contributed by atoms with Crippen molar-refractivity contribution < 1.29 is 19.1 Å². The number of carbonyl (C=O) groups is 3. The molecule has 0 bridgehead atoms. The molecule has 23 heavy (non-hydrogen) atoms. The van der Waals surface area contributed by atoms with Gasteiger partial charge in [0.15, 0.2) is 6.10 Å². The zero-order chi connectivity index (χ0) is 16.4. The molecule has 1 saturated heterocycles. The van der Waals surface area contributed by atoms with Crippen molar-refractivity contribution in [1.82, 2.24) is 5.32 Å². The summed E-state index contributed by atoms with van der Waals surface area (Å²) in [5.41, 5.74) is 1.03. The SMILES string of the molecule is C[C@@H](OC(=O)c1cccc(N2CCCC2=O)c1)C(=O)NC1CC1. The van der Waals surface area contributed by atoms with Gasteiger partial charge >= 0.3 is 5.97 Å². The smallest absolute Gasteiger partial charge is 0.338 e. The van der Waals surface area contributed by atoms with Crippen LogP contribution >= 0.6 is 0 Å². The Hall–Kier alpha value is -2.37. The number of ether oxygens (including phenoxy) is 1. The first-order valence-electron chi connectivity index (χ1n) is 7.96. The van der Waals surface area contributed by atoms with E-state index in [0.29, 0.717) is 24.2 Å². The lowest BCUT2D eigenvalue weighted by molar-refractivity contribution is -0.129. The minimum Gasteiger partial charge on any atom is -0.449 e. The summed E-state index contributed by atoms with van der Waals surface area (Å²) in [5.74, 6) is -0.767. The van der Waals surface area contributed by atoms with Gasteiger partial charge in [-0.1, -0.05) is 6.07 Å². The first-order chi connectivity index (χ1) is 11.0. The van der Waals surface area contributed by atoms with Gasteiger partial charge in [-0.2, -0.15) is 0 Å². The molecule has 2 fully saturated rings. The summed E-state index contributed by atoms with van der Waals surface area (Å²) in [6.45, 7) is 2.22. The molecule has 0 radical (unpaired) electrons. The van der Waals surface area contributed by atoms with E-state index in [1.165, 1.54) is 0 Å². The molecule has 1 aliphatic carbocycles. The molecule has 122 valence electrons. The van der Waals surface area contributed by atoms with Crippen molar-refractivity contribution in [3.05, 3.63) is 29.8 Å². The van der Waals surface area contributed by atoms with Crippen LogP contribution in [-0.4, -0.2) is 36.5 Å². The van der Waals surface area contributed by atoms with E-state index in [1.54, 1.807) is 36.1 Å². The predicted octanol–water partition coefficient (Wildman–Crippen LogP) is 1.64. The van der Waals surface area contributed by atoms with Gasteiger partial charge in [-0.25, -0.2) is 4.79 Å². The third-order valence-electron chi connectivity index (χ3n) is 4.04. The molecule has 0 aromatic heterocycles. The number of esters is 1. The largest absolute Gasteiger partial charge is 0.449 e. The maximum atomic E-state index is 12.2. The molecule has 2 amide bonds. The summed E-state index contributed by atoms with van der Waals surface area (Å²) in [6.07, 6.45) is 2.50. The molecule has 2 aliphatic rings. The maximum Gasteiger partial charge on any atom is 0.338 e. The first kappa shape index (κ1) is 15.5. The number of benzene rings is 1. The Morgan fingerprint density at radius 3 is 2.78 bits per heavy atom. The monoisotopic (exact) mass is 316 g/mol. The molecular formula is C17H20N2O4. The van der Waals surface area contributed by atoms with Gasteiger partial charge in [0.1, 0.15) is 0 Å². The Morgan fingerprint density at radius 2 is 2.13 bits per heavy atom. The van der Waals surface area contributed by atoms with Gasteiger partial charge < -0.3 is 15.0 Å². The number of hydrogen-bond acceptors (Lipinski definition) is 4. The average molecular weight is 316 g/mol. The highest BCUT2D eigenvalue weighted by atomic mass is 16.5. The van der Waals surface area contributed by atoms with E-state index in [4.69, 9.17) is 4.74 Å². The third kappa shape index (κ3) is 3.70. The molecule has 1 N–H and O–H groups in total. The van der Waals surface area contributed by atoms with Crippen molar-refractivity contribution >= 4 is 23.5 Å². The van der Waals surface area contributed by atoms with Crippen LogP contribution < -0.4 is 10.2 Å². The topological polar surface area (TPSA) is 75.7 Å². The van der Waals surface area contributed by atoms with Crippen molar-refractivity contribution in [2.45, 2.75) is 44.8 Å². The lowest BCUT2D eigenvalue weighted by Gasteiger charge is -2.17. The van der Waals surface area contributed by atoms with Crippen molar-refractivity contribution in [2.24, 2.45) is 0 Å². The molecule has 1 heterocycles. The molecule has 0 spiro atoms. The Morgan fingerprint density at radius 1 is 1.35 bits per heavy atom. The number of nitrogens with zero attached hydrogens (tertiary/aromatic N) is 1. The fourth-order valence-electron chi connectivity index (χ4n) is 2.55. The third-order valence-corrected chi connectivity index (χ3v) is 4.04.